The van der Waals surface area contributed by atoms with Crippen LogP contribution in [0.5, 0.6) is 0 Å². The van der Waals surface area contributed by atoms with Crippen LogP contribution in [0.15, 0.2) is 18.3 Å². The van der Waals surface area contributed by atoms with Gasteiger partial charge in [0.15, 0.2) is 0 Å². The van der Waals surface area contributed by atoms with Gasteiger partial charge in [-0.15, -0.1) is 0 Å². The van der Waals surface area contributed by atoms with Crippen molar-refractivity contribution in [2.75, 3.05) is 0 Å². The molecule has 1 rings (SSSR count). The molecule has 1 heterocycles. The molecule has 0 unspecified atom stereocenters. The fourth-order valence-electron chi connectivity index (χ4n) is 1.81. The van der Waals surface area contributed by atoms with E-state index in [1.807, 2.05) is 6.92 Å². The molecule has 1 aromatic heterocycles. The van der Waals surface area contributed by atoms with E-state index in [1.54, 1.807) is 18.3 Å². The first-order valence-electron chi connectivity index (χ1n) is 6.49. The van der Waals surface area contributed by atoms with E-state index in [-0.39, 0.29) is 11.9 Å². The highest BCUT2D eigenvalue weighted by Gasteiger charge is 2.10. The summed E-state index contributed by atoms with van der Waals surface area (Å²) in [6, 6.07) is 3.72. The monoisotopic (exact) mass is 266 g/mol. The summed E-state index contributed by atoms with van der Waals surface area (Å²) in [4.78, 5) is 14.8. The first kappa shape index (κ1) is 14.9. The van der Waals surface area contributed by atoms with Crippen molar-refractivity contribution in [1.29, 1.82) is 0 Å². The van der Waals surface area contributed by atoms with E-state index in [2.05, 4.69) is 24.1 Å². The molecule has 0 spiro atoms. The van der Waals surface area contributed by atoms with E-state index >= 15 is 0 Å². The van der Waals surface area contributed by atoms with Crippen molar-refractivity contribution in [3.8, 4) is 0 Å². The molecule has 0 saturated carbocycles. The number of carbonyl (C=O) groups excluding carboxylic acids is 1. The molecule has 1 amide bonds. The molecule has 0 radical (unpaired) electrons. The third-order valence-electron chi connectivity index (χ3n) is 2.86. The van der Waals surface area contributed by atoms with Gasteiger partial charge in [-0.05, 0) is 31.4 Å². The van der Waals surface area contributed by atoms with Crippen LogP contribution >= 0.6 is 12.2 Å². The lowest BCUT2D eigenvalue weighted by molar-refractivity contribution is 0.0937. The van der Waals surface area contributed by atoms with Crippen LogP contribution in [0.3, 0.4) is 0 Å². The Morgan fingerprint density at radius 2 is 2.11 bits per heavy atom. The van der Waals surface area contributed by atoms with Crippen molar-refractivity contribution in [2.24, 2.45) is 5.92 Å². The summed E-state index contributed by atoms with van der Waals surface area (Å²) in [6.07, 6.45) is 5.07. The number of hydrogen-bond donors (Lipinski definition) is 2. The zero-order valence-electron chi connectivity index (χ0n) is 11.3. The van der Waals surface area contributed by atoms with Crippen LogP contribution in [0.1, 0.15) is 50.4 Å². The lowest BCUT2D eigenvalue weighted by atomic mass is 10.0. The predicted molar refractivity (Wildman–Crippen MR) is 77.2 cm³/mol. The Bertz CT molecular complexity index is 439. The van der Waals surface area contributed by atoms with Crippen molar-refractivity contribution < 1.29 is 4.79 Å². The molecule has 0 aromatic carbocycles. The maximum absolute atomic E-state index is 12.0. The summed E-state index contributed by atoms with van der Waals surface area (Å²) in [5, 5.41) is 2.99. The minimum Gasteiger partial charge on any atom is -0.352 e. The van der Waals surface area contributed by atoms with Gasteiger partial charge in [0.2, 0.25) is 0 Å². The van der Waals surface area contributed by atoms with E-state index < -0.39 is 0 Å². The zero-order chi connectivity index (χ0) is 13.5. The summed E-state index contributed by atoms with van der Waals surface area (Å²) in [6.45, 7) is 6.47. The molecule has 2 N–H and O–H groups in total. The van der Waals surface area contributed by atoms with Crippen molar-refractivity contribution in [3.63, 3.8) is 0 Å². The second-order valence-electron chi connectivity index (χ2n) is 5.11. The summed E-state index contributed by atoms with van der Waals surface area (Å²) in [5.41, 5.74) is 0.545. The van der Waals surface area contributed by atoms with Gasteiger partial charge < -0.3 is 10.3 Å². The smallest absolute Gasteiger partial charge is 0.254 e. The van der Waals surface area contributed by atoms with Crippen LogP contribution < -0.4 is 5.32 Å². The Morgan fingerprint density at radius 3 is 2.72 bits per heavy atom. The largest absolute Gasteiger partial charge is 0.352 e. The van der Waals surface area contributed by atoms with E-state index in [4.69, 9.17) is 12.2 Å². The van der Waals surface area contributed by atoms with E-state index in [9.17, 15) is 4.79 Å². The van der Waals surface area contributed by atoms with Gasteiger partial charge in [0.05, 0.1) is 5.56 Å². The molecule has 0 fully saturated rings. The lowest BCUT2D eigenvalue weighted by Gasteiger charge is -2.14. The van der Waals surface area contributed by atoms with Gasteiger partial charge in [0.25, 0.3) is 5.91 Å². The standard InChI is InChI=1S/C14H22N2OS/c1-10(2)6-4-7-11(3)16-13(17)12-8-5-9-15-14(12)18/h5,8-11H,4,6-7H2,1-3H3,(H,15,18)(H,16,17)/t11-/m1/s1. The van der Waals surface area contributed by atoms with Crippen LogP contribution in [0, 0.1) is 10.6 Å². The molecule has 0 saturated heterocycles. The minimum absolute atomic E-state index is 0.0890. The quantitative estimate of drug-likeness (QED) is 0.771. The molecule has 1 aromatic rings. The summed E-state index contributed by atoms with van der Waals surface area (Å²) < 4.78 is 0.490. The number of nitrogens with one attached hydrogen (secondary N) is 2. The lowest BCUT2D eigenvalue weighted by Crippen LogP contribution is -2.32. The maximum Gasteiger partial charge on any atom is 0.254 e. The topological polar surface area (TPSA) is 44.9 Å². The van der Waals surface area contributed by atoms with Crippen LogP contribution in [-0.4, -0.2) is 16.9 Å². The highest BCUT2D eigenvalue weighted by Crippen LogP contribution is 2.09. The number of pyridine rings is 1. The number of aromatic nitrogens is 1. The molecule has 0 aliphatic heterocycles. The zero-order valence-corrected chi connectivity index (χ0v) is 12.1. The van der Waals surface area contributed by atoms with Crippen LogP contribution in [0.4, 0.5) is 0 Å². The molecule has 18 heavy (non-hydrogen) atoms. The fourth-order valence-corrected chi connectivity index (χ4v) is 2.04. The maximum atomic E-state index is 12.0. The van der Waals surface area contributed by atoms with Gasteiger partial charge in [-0.25, -0.2) is 0 Å². The molecule has 0 aliphatic carbocycles. The van der Waals surface area contributed by atoms with Gasteiger partial charge >= 0.3 is 0 Å². The molecular weight excluding hydrogens is 244 g/mol. The minimum atomic E-state index is -0.0890. The number of carbonyl (C=O) groups is 1. The molecule has 4 heteroatoms. The van der Waals surface area contributed by atoms with Crippen LogP contribution in [0.25, 0.3) is 0 Å². The molecule has 1 atom stereocenters. The third-order valence-corrected chi connectivity index (χ3v) is 3.20. The highest BCUT2D eigenvalue weighted by atomic mass is 32.1. The Balaban J connectivity index is 2.45. The summed E-state index contributed by atoms with van der Waals surface area (Å²) >= 11 is 5.09. The van der Waals surface area contributed by atoms with Gasteiger partial charge in [-0.3, -0.25) is 4.79 Å². The van der Waals surface area contributed by atoms with Crippen LogP contribution in [-0.2, 0) is 0 Å². The molecular formula is C14H22N2OS. The number of aromatic amines is 1. The number of hydrogen-bond acceptors (Lipinski definition) is 2. The Labute approximate surface area is 114 Å². The van der Waals surface area contributed by atoms with E-state index in [0.29, 0.717) is 10.2 Å². The van der Waals surface area contributed by atoms with Crippen molar-refractivity contribution in [1.82, 2.24) is 10.3 Å². The normalized spacial score (nSPS) is 12.4. The summed E-state index contributed by atoms with van der Waals surface area (Å²) in [7, 11) is 0. The molecule has 0 aliphatic rings. The fraction of sp³-hybridized carbons (Fsp3) is 0.571. The summed E-state index contributed by atoms with van der Waals surface area (Å²) in [5.74, 6) is 0.629. The first-order valence-corrected chi connectivity index (χ1v) is 6.90. The molecule has 100 valence electrons. The second-order valence-corrected chi connectivity index (χ2v) is 5.52. The Kier molecular flexibility index (Phi) is 6.05. The van der Waals surface area contributed by atoms with Gasteiger partial charge in [0.1, 0.15) is 4.64 Å². The van der Waals surface area contributed by atoms with E-state index in [0.717, 1.165) is 18.8 Å². The second kappa shape index (κ2) is 7.31. The Morgan fingerprint density at radius 1 is 1.39 bits per heavy atom. The predicted octanol–water partition coefficient (Wildman–Crippen LogP) is 3.69. The van der Waals surface area contributed by atoms with Gasteiger partial charge in [0, 0.05) is 12.2 Å². The van der Waals surface area contributed by atoms with Gasteiger partial charge in [-0.1, -0.05) is 38.9 Å². The highest BCUT2D eigenvalue weighted by molar-refractivity contribution is 7.71. The van der Waals surface area contributed by atoms with Gasteiger partial charge in [-0.2, -0.15) is 0 Å². The third kappa shape index (κ3) is 5.00. The number of amides is 1. The Hall–Kier alpha value is -1.16. The number of H-pyrrole nitrogens is 1. The molecule has 3 nitrogen and oxygen atoms in total. The number of rotatable bonds is 6. The van der Waals surface area contributed by atoms with E-state index in [1.165, 1.54) is 6.42 Å². The first-order chi connectivity index (χ1) is 8.50. The SMILES string of the molecule is CC(C)CCC[C@@H](C)NC(=O)c1ccc[nH]c1=S. The van der Waals surface area contributed by atoms with Crippen molar-refractivity contribution in [2.45, 2.75) is 46.1 Å². The van der Waals surface area contributed by atoms with Crippen molar-refractivity contribution >= 4 is 18.1 Å². The average Bonchev–Trinajstić information content (AvgIpc) is 2.28. The van der Waals surface area contributed by atoms with Crippen LogP contribution in [0.2, 0.25) is 0 Å². The molecule has 0 bridgehead atoms. The average molecular weight is 266 g/mol. The van der Waals surface area contributed by atoms with Crippen molar-refractivity contribution in [3.05, 3.63) is 28.5 Å².